The number of benzene rings is 1. The predicted octanol–water partition coefficient (Wildman–Crippen LogP) is 3.11. The largest absolute Gasteiger partial charge is 0.487 e. The zero-order chi connectivity index (χ0) is 16.8. The molecule has 1 atom stereocenters. The smallest absolute Gasteiger partial charge is 0.306 e. The molecule has 1 saturated carbocycles. The van der Waals surface area contributed by atoms with Crippen LogP contribution in [0.15, 0.2) is 24.3 Å². The third-order valence-corrected chi connectivity index (χ3v) is 4.49. The Balaban J connectivity index is 1.74. The van der Waals surface area contributed by atoms with Gasteiger partial charge in [-0.3, -0.25) is 9.59 Å². The van der Waals surface area contributed by atoms with Gasteiger partial charge in [-0.05, 0) is 44.7 Å². The van der Waals surface area contributed by atoms with Crippen molar-refractivity contribution in [3.05, 3.63) is 29.3 Å². The lowest BCUT2D eigenvalue weighted by atomic mass is 9.81. The van der Waals surface area contributed by atoms with E-state index in [1.54, 1.807) is 12.1 Å². The lowest BCUT2D eigenvalue weighted by molar-refractivity contribution is -0.144. The molecule has 1 aliphatic carbocycles. The molecule has 1 fully saturated rings. The summed E-state index contributed by atoms with van der Waals surface area (Å²) in [5, 5.41) is 12.4. The molecule has 0 aliphatic heterocycles. The van der Waals surface area contributed by atoms with Gasteiger partial charge in [0.1, 0.15) is 11.9 Å². The summed E-state index contributed by atoms with van der Waals surface area (Å²) < 4.78 is 5.71. The first kappa shape index (κ1) is 17.6. The summed E-state index contributed by atoms with van der Waals surface area (Å²) in [6.45, 7) is 2.26. The molecule has 0 bridgehead atoms. The molecule has 126 valence electrons. The van der Waals surface area contributed by atoms with Crippen LogP contribution in [-0.2, 0) is 9.59 Å². The van der Waals surface area contributed by atoms with Gasteiger partial charge in [0.05, 0.1) is 17.5 Å². The molecule has 0 saturated heterocycles. The maximum absolute atomic E-state index is 12.2. The molecule has 0 radical (unpaired) electrons. The van der Waals surface area contributed by atoms with Crippen molar-refractivity contribution in [2.75, 3.05) is 6.54 Å². The lowest BCUT2D eigenvalue weighted by Gasteiger charge is -2.26. The van der Waals surface area contributed by atoms with Crippen LogP contribution in [0.4, 0.5) is 0 Å². The van der Waals surface area contributed by atoms with E-state index in [0.717, 1.165) is 0 Å². The second kappa shape index (κ2) is 8.20. The minimum Gasteiger partial charge on any atom is -0.487 e. The Morgan fingerprint density at radius 1 is 1.26 bits per heavy atom. The van der Waals surface area contributed by atoms with Crippen LogP contribution < -0.4 is 10.1 Å². The average molecular weight is 340 g/mol. The highest BCUT2D eigenvalue weighted by Gasteiger charge is 2.29. The van der Waals surface area contributed by atoms with E-state index in [1.165, 1.54) is 0 Å². The Kier molecular flexibility index (Phi) is 6.28. The zero-order valence-corrected chi connectivity index (χ0v) is 13.9. The van der Waals surface area contributed by atoms with Gasteiger partial charge in [-0.15, -0.1) is 0 Å². The van der Waals surface area contributed by atoms with Gasteiger partial charge in [-0.2, -0.15) is 0 Å². The van der Waals surface area contributed by atoms with Crippen molar-refractivity contribution in [2.45, 2.75) is 38.7 Å². The van der Waals surface area contributed by atoms with E-state index in [1.807, 2.05) is 19.1 Å². The van der Waals surface area contributed by atoms with Crippen molar-refractivity contribution < 1.29 is 19.4 Å². The van der Waals surface area contributed by atoms with Gasteiger partial charge in [-0.25, -0.2) is 0 Å². The van der Waals surface area contributed by atoms with Crippen LogP contribution in [0.2, 0.25) is 5.02 Å². The summed E-state index contributed by atoms with van der Waals surface area (Å²) in [7, 11) is 0. The summed E-state index contributed by atoms with van der Waals surface area (Å²) in [6, 6.07) is 7.21. The maximum atomic E-state index is 12.2. The van der Waals surface area contributed by atoms with E-state index in [2.05, 4.69) is 5.32 Å². The number of para-hydroxylation sites is 1. The molecule has 1 amide bonds. The van der Waals surface area contributed by atoms with Gasteiger partial charge in [0.15, 0.2) is 0 Å². The van der Waals surface area contributed by atoms with Crippen LogP contribution in [0.1, 0.15) is 32.6 Å². The van der Waals surface area contributed by atoms with Gasteiger partial charge < -0.3 is 15.2 Å². The van der Waals surface area contributed by atoms with Crippen molar-refractivity contribution in [2.24, 2.45) is 11.8 Å². The molecule has 2 rings (SSSR count). The number of hydrogen-bond donors (Lipinski definition) is 2. The topological polar surface area (TPSA) is 75.6 Å². The van der Waals surface area contributed by atoms with Gasteiger partial charge >= 0.3 is 5.97 Å². The second-order valence-corrected chi connectivity index (χ2v) is 6.40. The minimum absolute atomic E-state index is 0.0246. The monoisotopic (exact) mass is 339 g/mol. The Hall–Kier alpha value is -1.75. The molecule has 5 nitrogen and oxygen atoms in total. The highest BCUT2D eigenvalue weighted by molar-refractivity contribution is 6.32. The number of hydrogen-bond acceptors (Lipinski definition) is 3. The molecule has 0 aromatic heterocycles. The third-order valence-electron chi connectivity index (χ3n) is 4.18. The van der Waals surface area contributed by atoms with Crippen LogP contribution in [0, 0.1) is 11.8 Å². The summed E-state index contributed by atoms with van der Waals surface area (Å²) in [4.78, 5) is 23.1. The van der Waals surface area contributed by atoms with Gasteiger partial charge in [0, 0.05) is 5.92 Å². The standard InChI is InChI=1S/C17H22ClNO4/c1-11(23-15-5-3-2-4-14(15)18)10-19-16(20)12-6-8-13(9-7-12)17(21)22/h2-5,11-13H,6-10H2,1H3,(H,19,20)(H,21,22). The number of carbonyl (C=O) groups is 2. The van der Waals surface area contributed by atoms with Crippen molar-refractivity contribution in [3.63, 3.8) is 0 Å². The molecule has 1 unspecified atom stereocenters. The average Bonchev–Trinajstić information content (AvgIpc) is 2.55. The van der Waals surface area contributed by atoms with Crippen molar-refractivity contribution in [3.8, 4) is 5.75 Å². The fraction of sp³-hybridized carbons (Fsp3) is 0.529. The molecule has 0 heterocycles. The Morgan fingerprint density at radius 3 is 2.48 bits per heavy atom. The number of aliphatic carboxylic acids is 1. The fourth-order valence-corrected chi connectivity index (χ4v) is 2.97. The van der Waals surface area contributed by atoms with E-state index in [9.17, 15) is 9.59 Å². The first-order valence-corrected chi connectivity index (χ1v) is 8.27. The van der Waals surface area contributed by atoms with Crippen LogP contribution in [-0.4, -0.2) is 29.6 Å². The fourth-order valence-electron chi connectivity index (χ4n) is 2.79. The van der Waals surface area contributed by atoms with Crippen LogP contribution in [0.3, 0.4) is 0 Å². The van der Waals surface area contributed by atoms with E-state index in [0.29, 0.717) is 43.0 Å². The normalized spacial score (nSPS) is 22.2. The Labute approximate surface area is 141 Å². The van der Waals surface area contributed by atoms with Gasteiger partial charge in [0.25, 0.3) is 0 Å². The number of amides is 1. The number of carbonyl (C=O) groups excluding carboxylic acids is 1. The molecule has 1 aliphatic rings. The molecule has 23 heavy (non-hydrogen) atoms. The Bertz CT molecular complexity index is 555. The molecule has 0 spiro atoms. The SMILES string of the molecule is CC(CNC(=O)C1CCC(C(=O)O)CC1)Oc1ccccc1Cl. The first-order chi connectivity index (χ1) is 11.0. The number of carboxylic acid groups (broad SMARTS) is 1. The predicted molar refractivity (Wildman–Crippen MR) is 87.6 cm³/mol. The number of halogens is 1. The van der Waals surface area contributed by atoms with Crippen LogP contribution in [0.5, 0.6) is 5.75 Å². The molecule has 1 aromatic carbocycles. The number of nitrogens with one attached hydrogen (secondary N) is 1. The van der Waals surface area contributed by atoms with Crippen LogP contribution >= 0.6 is 11.6 Å². The molecule has 1 aromatic rings. The van der Waals surface area contributed by atoms with E-state index in [-0.39, 0.29) is 23.8 Å². The first-order valence-electron chi connectivity index (χ1n) is 7.89. The van der Waals surface area contributed by atoms with Gasteiger partial charge in [0.2, 0.25) is 5.91 Å². The van der Waals surface area contributed by atoms with Crippen LogP contribution in [0.25, 0.3) is 0 Å². The zero-order valence-electron chi connectivity index (χ0n) is 13.1. The highest BCUT2D eigenvalue weighted by Crippen LogP contribution is 2.29. The Morgan fingerprint density at radius 2 is 1.87 bits per heavy atom. The summed E-state index contributed by atoms with van der Waals surface area (Å²) in [5.41, 5.74) is 0. The molecular formula is C17H22ClNO4. The van der Waals surface area contributed by atoms with Gasteiger partial charge in [-0.1, -0.05) is 23.7 Å². The van der Waals surface area contributed by atoms with E-state index >= 15 is 0 Å². The quantitative estimate of drug-likeness (QED) is 0.835. The molecule has 6 heteroatoms. The molecule has 2 N–H and O–H groups in total. The van der Waals surface area contributed by atoms with Crippen molar-refractivity contribution in [1.82, 2.24) is 5.32 Å². The third kappa shape index (κ3) is 5.13. The van der Waals surface area contributed by atoms with E-state index in [4.69, 9.17) is 21.4 Å². The number of ether oxygens (including phenoxy) is 1. The maximum Gasteiger partial charge on any atom is 0.306 e. The summed E-state index contributed by atoms with van der Waals surface area (Å²) in [6.07, 6.45) is 2.19. The van der Waals surface area contributed by atoms with Crippen molar-refractivity contribution in [1.29, 1.82) is 0 Å². The summed E-state index contributed by atoms with van der Waals surface area (Å²) >= 11 is 6.03. The van der Waals surface area contributed by atoms with Crippen molar-refractivity contribution >= 4 is 23.5 Å². The van der Waals surface area contributed by atoms with E-state index < -0.39 is 5.97 Å². The summed E-state index contributed by atoms with van der Waals surface area (Å²) in [5.74, 6) is -0.591. The highest BCUT2D eigenvalue weighted by atomic mass is 35.5. The molecular weight excluding hydrogens is 318 g/mol. The minimum atomic E-state index is -0.759. The lowest BCUT2D eigenvalue weighted by Crippen LogP contribution is -2.39. The number of rotatable bonds is 6. The number of carboxylic acids is 1. The second-order valence-electron chi connectivity index (χ2n) is 5.99.